The Hall–Kier alpha value is -2.16. The van der Waals surface area contributed by atoms with E-state index in [0.717, 1.165) is 6.42 Å². The Bertz CT molecular complexity index is 539. The zero-order valence-corrected chi connectivity index (χ0v) is 10.6. The van der Waals surface area contributed by atoms with Gasteiger partial charge in [0.1, 0.15) is 5.82 Å². The van der Waals surface area contributed by atoms with Crippen LogP contribution < -0.4 is 5.32 Å². The fraction of sp³-hybridized carbons (Fsp3) is 0.188. The zero-order chi connectivity index (χ0) is 13.5. The van der Waals surface area contributed by atoms with Gasteiger partial charge in [-0.1, -0.05) is 42.5 Å². The Labute approximate surface area is 112 Å². The largest absolute Gasteiger partial charge is 0.355 e. The molecule has 0 unspecified atom stereocenters. The lowest BCUT2D eigenvalue weighted by molar-refractivity contribution is -0.120. The van der Waals surface area contributed by atoms with Gasteiger partial charge in [0.25, 0.3) is 0 Å². The highest BCUT2D eigenvalue weighted by Crippen LogP contribution is 2.04. The molecule has 0 radical (unpaired) electrons. The van der Waals surface area contributed by atoms with E-state index in [1.54, 1.807) is 12.1 Å². The zero-order valence-electron chi connectivity index (χ0n) is 10.6. The maximum absolute atomic E-state index is 13.0. The van der Waals surface area contributed by atoms with Crippen molar-refractivity contribution in [2.45, 2.75) is 12.8 Å². The summed E-state index contributed by atoms with van der Waals surface area (Å²) in [4.78, 5) is 11.7. The molecular weight excluding hydrogens is 241 g/mol. The number of nitrogens with one attached hydrogen (secondary N) is 1. The van der Waals surface area contributed by atoms with Gasteiger partial charge >= 0.3 is 0 Å². The van der Waals surface area contributed by atoms with E-state index in [4.69, 9.17) is 0 Å². The topological polar surface area (TPSA) is 29.1 Å². The molecule has 0 aliphatic rings. The van der Waals surface area contributed by atoms with Gasteiger partial charge in [-0.2, -0.15) is 0 Å². The van der Waals surface area contributed by atoms with E-state index in [0.29, 0.717) is 12.1 Å². The van der Waals surface area contributed by atoms with Crippen LogP contribution in [-0.4, -0.2) is 12.5 Å². The molecule has 0 saturated heterocycles. The van der Waals surface area contributed by atoms with Gasteiger partial charge in [0.05, 0.1) is 6.42 Å². The Morgan fingerprint density at radius 2 is 1.74 bits per heavy atom. The molecule has 1 amide bonds. The third-order valence-corrected chi connectivity index (χ3v) is 2.83. The second-order valence-corrected chi connectivity index (χ2v) is 4.39. The van der Waals surface area contributed by atoms with Crippen molar-refractivity contribution >= 4 is 5.91 Å². The first kappa shape index (κ1) is 13.3. The number of benzene rings is 2. The monoisotopic (exact) mass is 257 g/mol. The molecule has 2 aromatic carbocycles. The summed E-state index contributed by atoms with van der Waals surface area (Å²) in [6.07, 6.45) is 1.02. The van der Waals surface area contributed by atoms with Crippen molar-refractivity contribution in [3.63, 3.8) is 0 Å². The van der Waals surface area contributed by atoms with Gasteiger partial charge in [-0.15, -0.1) is 0 Å². The van der Waals surface area contributed by atoms with E-state index in [9.17, 15) is 9.18 Å². The van der Waals surface area contributed by atoms with Crippen LogP contribution in [0.2, 0.25) is 0 Å². The average Bonchev–Trinajstić information content (AvgIpc) is 2.40. The number of amides is 1. The highest BCUT2D eigenvalue weighted by Gasteiger charge is 2.03. The van der Waals surface area contributed by atoms with E-state index in [1.165, 1.54) is 17.7 Å². The third kappa shape index (κ3) is 4.54. The predicted octanol–water partition coefficient (Wildman–Crippen LogP) is 2.73. The minimum atomic E-state index is -0.311. The lowest BCUT2D eigenvalue weighted by Crippen LogP contribution is -2.27. The van der Waals surface area contributed by atoms with Gasteiger partial charge in [-0.3, -0.25) is 4.79 Å². The van der Waals surface area contributed by atoms with Crippen LogP contribution in [0.1, 0.15) is 11.1 Å². The van der Waals surface area contributed by atoms with Crippen LogP contribution in [0, 0.1) is 5.82 Å². The molecule has 98 valence electrons. The molecule has 0 aromatic heterocycles. The highest BCUT2D eigenvalue weighted by atomic mass is 19.1. The number of carbonyl (C=O) groups excluding carboxylic acids is 1. The molecule has 1 N–H and O–H groups in total. The summed E-state index contributed by atoms with van der Waals surface area (Å²) in [5.41, 5.74) is 1.88. The molecule has 0 heterocycles. The summed E-state index contributed by atoms with van der Waals surface area (Å²) in [6.45, 7) is 0.595. The summed E-state index contributed by atoms with van der Waals surface area (Å²) in [7, 11) is 0. The first-order chi connectivity index (χ1) is 9.24. The summed E-state index contributed by atoms with van der Waals surface area (Å²) >= 11 is 0. The number of hydrogen-bond acceptors (Lipinski definition) is 1. The van der Waals surface area contributed by atoms with Crippen molar-refractivity contribution < 1.29 is 9.18 Å². The summed E-state index contributed by atoms with van der Waals surface area (Å²) in [5.74, 6) is -0.392. The third-order valence-electron chi connectivity index (χ3n) is 2.83. The van der Waals surface area contributed by atoms with Gasteiger partial charge < -0.3 is 5.32 Å². The number of carbonyl (C=O) groups is 1. The molecule has 2 nitrogen and oxygen atoms in total. The van der Waals surface area contributed by atoms with E-state index in [1.807, 2.05) is 30.3 Å². The van der Waals surface area contributed by atoms with Crippen molar-refractivity contribution in [2.24, 2.45) is 0 Å². The molecule has 0 spiro atoms. The molecule has 3 heteroatoms. The Kier molecular flexibility index (Phi) is 4.67. The molecule has 0 aliphatic heterocycles. The van der Waals surface area contributed by atoms with Crippen LogP contribution in [0.25, 0.3) is 0 Å². The van der Waals surface area contributed by atoms with Crippen molar-refractivity contribution in [3.05, 3.63) is 71.5 Å². The van der Waals surface area contributed by atoms with E-state index >= 15 is 0 Å². The fourth-order valence-corrected chi connectivity index (χ4v) is 1.89. The SMILES string of the molecule is O=C(Cc1cccc(F)c1)NCCc1ccccc1. The quantitative estimate of drug-likeness (QED) is 0.876. The Balaban J connectivity index is 1.76. The van der Waals surface area contributed by atoms with Crippen molar-refractivity contribution in [2.75, 3.05) is 6.54 Å². The molecule has 0 fully saturated rings. The van der Waals surface area contributed by atoms with Gasteiger partial charge in [-0.05, 0) is 29.7 Å². The molecule has 2 aromatic rings. The minimum Gasteiger partial charge on any atom is -0.355 e. The van der Waals surface area contributed by atoms with Gasteiger partial charge in [0, 0.05) is 6.54 Å². The Morgan fingerprint density at radius 3 is 2.47 bits per heavy atom. The fourth-order valence-electron chi connectivity index (χ4n) is 1.89. The van der Waals surface area contributed by atoms with Crippen molar-refractivity contribution in [1.82, 2.24) is 5.32 Å². The van der Waals surface area contributed by atoms with E-state index in [2.05, 4.69) is 5.32 Å². The lowest BCUT2D eigenvalue weighted by atomic mass is 10.1. The highest BCUT2D eigenvalue weighted by molar-refractivity contribution is 5.78. The smallest absolute Gasteiger partial charge is 0.224 e. The van der Waals surface area contributed by atoms with Gasteiger partial charge in [0.2, 0.25) is 5.91 Å². The van der Waals surface area contributed by atoms with Crippen molar-refractivity contribution in [3.8, 4) is 0 Å². The molecule has 0 bridgehead atoms. The Morgan fingerprint density at radius 1 is 1.00 bits per heavy atom. The number of rotatable bonds is 5. The van der Waals surface area contributed by atoms with Crippen LogP contribution in [-0.2, 0) is 17.6 Å². The van der Waals surface area contributed by atoms with Gasteiger partial charge in [-0.25, -0.2) is 4.39 Å². The van der Waals surface area contributed by atoms with Crippen LogP contribution in [0.5, 0.6) is 0 Å². The second kappa shape index (κ2) is 6.69. The predicted molar refractivity (Wildman–Crippen MR) is 73.3 cm³/mol. The van der Waals surface area contributed by atoms with E-state index in [-0.39, 0.29) is 18.1 Å². The lowest BCUT2D eigenvalue weighted by Gasteiger charge is -2.05. The van der Waals surface area contributed by atoms with Crippen LogP contribution >= 0.6 is 0 Å². The summed E-state index contributed by atoms with van der Waals surface area (Å²) in [6, 6.07) is 16.1. The molecule has 0 atom stereocenters. The maximum atomic E-state index is 13.0. The summed E-state index contributed by atoms with van der Waals surface area (Å²) < 4.78 is 13.0. The van der Waals surface area contributed by atoms with Gasteiger partial charge in [0.15, 0.2) is 0 Å². The number of halogens is 1. The molecule has 2 rings (SSSR count). The molecule has 0 aliphatic carbocycles. The van der Waals surface area contributed by atoms with Crippen LogP contribution in [0.15, 0.2) is 54.6 Å². The average molecular weight is 257 g/mol. The summed E-state index contributed by atoms with van der Waals surface area (Å²) in [5, 5.41) is 2.84. The first-order valence-corrected chi connectivity index (χ1v) is 6.29. The van der Waals surface area contributed by atoms with Crippen LogP contribution in [0.3, 0.4) is 0 Å². The van der Waals surface area contributed by atoms with Crippen molar-refractivity contribution in [1.29, 1.82) is 0 Å². The number of hydrogen-bond donors (Lipinski definition) is 1. The second-order valence-electron chi connectivity index (χ2n) is 4.39. The molecule has 0 saturated carbocycles. The maximum Gasteiger partial charge on any atom is 0.224 e. The van der Waals surface area contributed by atoms with Crippen LogP contribution in [0.4, 0.5) is 4.39 Å². The molecule has 19 heavy (non-hydrogen) atoms. The molecular formula is C16H16FNO. The van der Waals surface area contributed by atoms with E-state index < -0.39 is 0 Å². The normalized spacial score (nSPS) is 10.2. The minimum absolute atomic E-state index is 0.0819. The first-order valence-electron chi connectivity index (χ1n) is 6.29. The standard InChI is InChI=1S/C16H16FNO/c17-15-8-4-7-14(11-15)12-16(19)18-10-9-13-5-2-1-3-6-13/h1-8,11H,9-10,12H2,(H,18,19).